The van der Waals surface area contributed by atoms with Crippen LogP contribution in [0.15, 0.2) is 18.3 Å². The molecule has 2 aliphatic rings. The minimum atomic E-state index is 0.0275. The summed E-state index contributed by atoms with van der Waals surface area (Å²) in [7, 11) is 0. The van der Waals surface area contributed by atoms with E-state index >= 15 is 0 Å². The summed E-state index contributed by atoms with van der Waals surface area (Å²) in [6, 6.07) is 3.80. The molecule has 4 nitrogen and oxygen atoms in total. The Bertz CT molecular complexity index is 524. The topological polar surface area (TPSA) is 50.3 Å². The maximum Gasteiger partial charge on any atom is 0.255 e. The number of amides is 1. The van der Waals surface area contributed by atoms with Gasteiger partial charge in [-0.2, -0.15) is 0 Å². The lowest BCUT2D eigenvalue weighted by Gasteiger charge is -2.28. The summed E-state index contributed by atoms with van der Waals surface area (Å²) in [6.07, 6.45) is 6.22. The van der Waals surface area contributed by atoms with Gasteiger partial charge in [0.15, 0.2) is 0 Å². The first-order valence-electron chi connectivity index (χ1n) is 7.43. The Morgan fingerprint density at radius 2 is 2.15 bits per heavy atom. The molecule has 0 radical (unpaired) electrons. The number of pyridine rings is 1. The third-order valence-corrected chi connectivity index (χ3v) is 4.53. The second-order valence-electron chi connectivity index (χ2n) is 5.86. The lowest BCUT2D eigenvalue weighted by Crippen LogP contribution is -2.41. The van der Waals surface area contributed by atoms with E-state index < -0.39 is 0 Å². The summed E-state index contributed by atoms with van der Waals surface area (Å²) in [6.45, 7) is 2.67. The zero-order valence-electron chi connectivity index (χ0n) is 11.8. The molecule has 2 atom stereocenters. The van der Waals surface area contributed by atoms with Crippen LogP contribution >= 0.6 is 0 Å². The van der Waals surface area contributed by atoms with E-state index in [2.05, 4.69) is 4.98 Å². The van der Waals surface area contributed by atoms with Gasteiger partial charge < -0.3 is 4.90 Å². The van der Waals surface area contributed by atoms with E-state index in [1.54, 1.807) is 6.20 Å². The van der Waals surface area contributed by atoms with Crippen molar-refractivity contribution >= 4 is 11.7 Å². The largest absolute Gasteiger partial charge is 0.335 e. The fourth-order valence-electron chi connectivity index (χ4n) is 3.47. The highest BCUT2D eigenvalue weighted by Gasteiger charge is 2.40. The monoisotopic (exact) mass is 272 g/mol. The number of aryl methyl sites for hydroxylation is 1. The quantitative estimate of drug-likeness (QED) is 0.830. The van der Waals surface area contributed by atoms with E-state index in [1.165, 1.54) is 0 Å². The first-order chi connectivity index (χ1) is 9.66. The molecule has 1 aromatic rings. The van der Waals surface area contributed by atoms with Crippen molar-refractivity contribution < 1.29 is 9.59 Å². The van der Waals surface area contributed by atoms with Crippen molar-refractivity contribution in [3.05, 3.63) is 29.6 Å². The Kier molecular flexibility index (Phi) is 3.55. The summed E-state index contributed by atoms with van der Waals surface area (Å²) in [5.41, 5.74) is 1.54. The predicted octanol–water partition coefficient (Wildman–Crippen LogP) is 2.36. The van der Waals surface area contributed by atoms with Crippen LogP contribution in [0.2, 0.25) is 0 Å². The number of ketones is 1. The van der Waals surface area contributed by atoms with E-state index in [4.69, 9.17) is 0 Å². The lowest BCUT2D eigenvalue weighted by molar-refractivity contribution is -0.121. The highest BCUT2D eigenvalue weighted by molar-refractivity contribution is 5.95. The van der Waals surface area contributed by atoms with Gasteiger partial charge in [-0.1, -0.05) is 0 Å². The molecule has 0 N–H and O–H groups in total. The number of hydrogen-bond donors (Lipinski definition) is 0. The van der Waals surface area contributed by atoms with Gasteiger partial charge in [-0.25, -0.2) is 0 Å². The molecular weight excluding hydrogens is 252 g/mol. The molecule has 0 spiro atoms. The average molecular weight is 272 g/mol. The van der Waals surface area contributed by atoms with E-state index in [0.717, 1.165) is 37.9 Å². The van der Waals surface area contributed by atoms with Gasteiger partial charge >= 0.3 is 0 Å². The molecule has 1 aliphatic carbocycles. The zero-order chi connectivity index (χ0) is 14.1. The molecule has 1 aliphatic heterocycles. The third-order valence-electron chi connectivity index (χ3n) is 4.53. The summed E-state index contributed by atoms with van der Waals surface area (Å²) in [5.74, 6) is 0.441. The van der Waals surface area contributed by atoms with Gasteiger partial charge in [-0.15, -0.1) is 0 Å². The maximum atomic E-state index is 12.6. The van der Waals surface area contributed by atoms with E-state index in [-0.39, 0.29) is 17.9 Å². The van der Waals surface area contributed by atoms with Crippen LogP contribution in [0.1, 0.15) is 48.2 Å². The van der Waals surface area contributed by atoms with Crippen molar-refractivity contribution in [3.8, 4) is 0 Å². The summed E-state index contributed by atoms with van der Waals surface area (Å²) in [5, 5.41) is 0. The Balaban J connectivity index is 1.79. The van der Waals surface area contributed by atoms with Crippen LogP contribution < -0.4 is 0 Å². The second-order valence-corrected chi connectivity index (χ2v) is 5.86. The molecular formula is C16H20N2O2. The van der Waals surface area contributed by atoms with Gasteiger partial charge in [-0.3, -0.25) is 14.6 Å². The summed E-state index contributed by atoms with van der Waals surface area (Å²) < 4.78 is 0. The fraction of sp³-hybridized carbons (Fsp3) is 0.562. The summed E-state index contributed by atoms with van der Waals surface area (Å²) >= 11 is 0. The van der Waals surface area contributed by atoms with Crippen molar-refractivity contribution in [2.24, 2.45) is 5.92 Å². The molecule has 20 heavy (non-hydrogen) atoms. The van der Waals surface area contributed by atoms with Crippen LogP contribution in [0, 0.1) is 12.8 Å². The number of carbonyl (C=O) groups excluding carboxylic acids is 2. The molecule has 2 heterocycles. The van der Waals surface area contributed by atoms with Crippen molar-refractivity contribution in [2.75, 3.05) is 6.54 Å². The molecule has 0 aromatic carbocycles. The molecule has 1 saturated carbocycles. The van der Waals surface area contributed by atoms with Crippen molar-refractivity contribution in [1.82, 2.24) is 9.88 Å². The zero-order valence-corrected chi connectivity index (χ0v) is 11.8. The van der Waals surface area contributed by atoms with Crippen molar-refractivity contribution in [3.63, 3.8) is 0 Å². The van der Waals surface area contributed by atoms with Gasteiger partial charge in [0.1, 0.15) is 5.78 Å². The number of nitrogens with zero attached hydrogens (tertiary/aromatic N) is 2. The first kappa shape index (κ1) is 13.3. The highest BCUT2D eigenvalue weighted by Crippen LogP contribution is 2.33. The van der Waals surface area contributed by atoms with Crippen LogP contribution in [0.3, 0.4) is 0 Å². The number of Topliss-reactive ketones (excluding diaryl/α,β-unsaturated/α-hetero) is 1. The Morgan fingerprint density at radius 1 is 1.30 bits per heavy atom. The van der Waals surface area contributed by atoms with Crippen molar-refractivity contribution in [1.29, 1.82) is 0 Å². The number of carbonyl (C=O) groups is 2. The van der Waals surface area contributed by atoms with Crippen LogP contribution in [-0.2, 0) is 4.79 Å². The smallest absolute Gasteiger partial charge is 0.255 e. The number of likely N-dealkylation sites (tertiary alicyclic amines) is 1. The van der Waals surface area contributed by atoms with Gasteiger partial charge in [0.2, 0.25) is 0 Å². The Morgan fingerprint density at radius 3 is 2.80 bits per heavy atom. The minimum Gasteiger partial charge on any atom is -0.335 e. The fourth-order valence-corrected chi connectivity index (χ4v) is 3.47. The van der Waals surface area contributed by atoms with Crippen LogP contribution in [0.5, 0.6) is 0 Å². The molecule has 1 amide bonds. The van der Waals surface area contributed by atoms with Crippen LogP contribution in [0.4, 0.5) is 0 Å². The number of aromatic nitrogens is 1. The van der Waals surface area contributed by atoms with Crippen LogP contribution in [0.25, 0.3) is 0 Å². The van der Waals surface area contributed by atoms with Gasteiger partial charge in [0.05, 0.1) is 5.56 Å². The maximum absolute atomic E-state index is 12.6. The highest BCUT2D eigenvalue weighted by atomic mass is 16.2. The third kappa shape index (κ3) is 2.35. The standard InChI is InChI=1S/C16H20N2O2/c1-11-7-8-12(10-17-11)16(20)18-9-3-5-14(18)13-4-2-6-15(13)19/h7-8,10,13-14H,2-6,9H2,1H3. The normalized spacial score (nSPS) is 26.2. The van der Waals surface area contributed by atoms with Crippen molar-refractivity contribution in [2.45, 2.75) is 45.1 Å². The van der Waals surface area contributed by atoms with E-state index in [9.17, 15) is 9.59 Å². The molecule has 2 fully saturated rings. The lowest BCUT2D eigenvalue weighted by atomic mass is 9.95. The molecule has 2 unspecified atom stereocenters. The molecule has 1 aromatic heterocycles. The molecule has 4 heteroatoms. The molecule has 106 valence electrons. The number of hydrogen-bond acceptors (Lipinski definition) is 3. The van der Waals surface area contributed by atoms with Gasteiger partial charge in [0, 0.05) is 36.8 Å². The summed E-state index contributed by atoms with van der Waals surface area (Å²) in [4.78, 5) is 30.7. The Labute approximate surface area is 119 Å². The number of rotatable bonds is 2. The van der Waals surface area contributed by atoms with E-state index in [1.807, 2.05) is 24.0 Å². The van der Waals surface area contributed by atoms with E-state index in [0.29, 0.717) is 17.8 Å². The molecule has 1 saturated heterocycles. The van der Waals surface area contributed by atoms with Gasteiger partial charge in [0.25, 0.3) is 5.91 Å². The van der Waals surface area contributed by atoms with Crippen LogP contribution in [-0.4, -0.2) is 34.2 Å². The molecule has 0 bridgehead atoms. The van der Waals surface area contributed by atoms with Gasteiger partial charge in [-0.05, 0) is 44.7 Å². The first-order valence-corrected chi connectivity index (χ1v) is 7.43. The Hall–Kier alpha value is -1.71. The molecule has 3 rings (SSSR count). The average Bonchev–Trinajstić information content (AvgIpc) is 3.07. The second kappa shape index (κ2) is 5.35. The minimum absolute atomic E-state index is 0.0275. The predicted molar refractivity (Wildman–Crippen MR) is 75.4 cm³/mol. The SMILES string of the molecule is Cc1ccc(C(=O)N2CCCC2C2CCCC2=O)cn1.